The van der Waals surface area contributed by atoms with Gasteiger partial charge in [-0.1, -0.05) is 43.7 Å². The molecule has 1 aromatic carbocycles. The fourth-order valence-electron chi connectivity index (χ4n) is 2.42. The van der Waals surface area contributed by atoms with Crippen molar-refractivity contribution in [2.45, 2.75) is 51.6 Å². The Bertz CT molecular complexity index is 302. The second-order valence-electron chi connectivity index (χ2n) is 5.03. The highest BCUT2D eigenvalue weighted by Crippen LogP contribution is 2.35. The molecule has 2 rings (SSSR count). The second kappa shape index (κ2) is 5.49. The molecule has 0 amide bonds. The second-order valence-corrected chi connectivity index (χ2v) is 5.03. The normalized spacial score (nSPS) is 19.4. The molecule has 1 nitrogen and oxygen atoms in total. The van der Waals surface area contributed by atoms with E-state index in [1.54, 1.807) is 0 Å². The molecule has 2 atom stereocenters. The third-order valence-corrected chi connectivity index (χ3v) is 3.55. The number of hydrogen-bond acceptors (Lipinski definition) is 1. The Labute approximate surface area is 99.3 Å². The zero-order valence-corrected chi connectivity index (χ0v) is 10.4. The van der Waals surface area contributed by atoms with Gasteiger partial charge in [0.2, 0.25) is 0 Å². The van der Waals surface area contributed by atoms with Crippen LogP contribution >= 0.6 is 0 Å². The molecule has 1 aromatic rings. The molecule has 1 saturated carbocycles. The fraction of sp³-hybridized carbons (Fsp3) is 0.600. The molecule has 1 aliphatic rings. The number of rotatable bonds is 6. The molecule has 88 valence electrons. The van der Waals surface area contributed by atoms with Crippen LogP contribution in [0.25, 0.3) is 0 Å². The smallest absolute Gasteiger partial charge is 0.0294 e. The summed E-state index contributed by atoms with van der Waals surface area (Å²) in [7, 11) is 0. The van der Waals surface area contributed by atoms with Gasteiger partial charge in [0.05, 0.1) is 0 Å². The zero-order chi connectivity index (χ0) is 11.4. The molecule has 1 heteroatoms. The van der Waals surface area contributed by atoms with Crippen LogP contribution in [-0.4, -0.2) is 6.04 Å². The fourth-order valence-corrected chi connectivity index (χ4v) is 2.42. The molecule has 1 aliphatic carbocycles. The summed E-state index contributed by atoms with van der Waals surface area (Å²) in [5, 5.41) is 3.80. The van der Waals surface area contributed by atoms with Gasteiger partial charge in [0.25, 0.3) is 0 Å². The summed E-state index contributed by atoms with van der Waals surface area (Å²) in [5.74, 6) is 0.950. The third-order valence-electron chi connectivity index (χ3n) is 3.55. The minimum atomic E-state index is 0.485. The monoisotopic (exact) mass is 217 g/mol. The van der Waals surface area contributed by atoms with E-state index in [-0.39, 0.29) is 0 Å². The Hall–Kier alpha value is -0.820. The van der Waals surface area contributed by atoms with Crippen LogP contribution in [0.1, 0.15) is 51.1 Å². The number of nitrogens with one attached hydrogen (secondary N) is 1. The average Bonchev–Trinajstić information content (AvgIpc) is 3.13. The maximum absolute atomic E-state index is 3.80. The Morgan fingerprint density at radius 2 is 1.94 bits per heavy atom. The highest BCUT2D eigenvalue weighted by atomic mass is 15.0. The molecule has 1 fully saturated rings. The average molecular weight is 217 g/mol. The van der Waals surface area contributed by atoms with Gasteiger partial charge in [-0.2, -0.15) is 0 Å². The largest absolute Gasteiger partial charge is 0.307 e. The van der Waals surface area contributed by atoms with Crippen molar-refractivity contribution in [3.05, 3.63) is 35.9 Å². The highest BCUT2D eigenvalue weighted by Gasteiger charge is 2.31. The lowest BCUT2D eigenvalue weighted by molar-refractivity contribution is 0.390. The van der Waals surface area contributed by atoms with Crippen LogP contribution in [0.4, 0.5) is 0 Å². The van der Waals surface area contributed by atoms with Gasteiger partial charge in [-0.25, -0.2) is 0 Å². The van der Waals surface area contributed by atoms with Crippen molar-refractivity contribution in [3.8, 4) is 0 Å². The number of hydrogen-bond donors (Lipinski definition) is 1. The molecule has 0 saturated heterocycles. The van der Waals surface area contributed by atoms with Gasteiger partial charge in [-0.15, -0.1) is 0 Å². The van der Waals surface area contributed by atoms with Crippen LogP contribution < -0.4 is 5.32 Å². The lowest BCUT2D eigenvalue weighted by Gasteiger charge is -2.23. The summed E-state index contributed by atoms with van der Waals surface area (Å²) in [6.45, 7) is 4.56. The van der Waals surface area contributed by atoms with E-state index < -0.39 is 0 Å². The zero-order valence-electron chi connectivity index (χ0n) is 10.4. The first-order valence-electron chi connectivity index (χ1n) is 6.62. The molecule has 1 N–H and O–H groups in total. The summed E-state index contributed by atoms with van der Waals surface area (Å²) in [6.07, 6.45) is 5.47. The molecule has 0 heterocycles. The van der Waals surface area contributed by atoms with E-state index in [1.165, 1.54) is 31.2 Å². The van der Waals surface area contributed by atoms with Gasteiger partial charge in [-0.05, 0) is 37.7 Å². The molecule has 1 unspecified atom stereocenters. The Morgan fingerprint density at radius 3 is 2.50 bits per heavy atom. The maximum Gasteiger partial charge on any atom is 0.0294 e. The van der Waals surface area contributed by atoms with E-state index in [0.29, 0.717) is 6.04 Å². The highest BCUT2D eigenvalue weighted by molar-refractivity contribution is 5.18. The Kier molecular flexibility index (Phi) is 4.00. The van der Waals surface area contributed by atoms with Crippen molar-refractivity contribution < 1.29 is 0 Å². The van der Waals surface area contributed by atoms with E-state index in [4.69, 9.17) is 0 Å². The molecule has 0 spiro atoms. The van der Waals surface area contributed by atoms with Gasteiger partial charge < -0.3 is 5.32 Å². The quantitative estimate of drug-likeness (QED) is 0.761. The van der Waals surface area contributed by atoms with Crippen molar-refractivity contribution >= 4 is 0 Å². The van der Waals surface area contributed by atoms with Crippen molar-refractivity contribution in [1.29, 1.82) is 0 Å². The van der Waals surface area contributed by atoms with E-state index in [0.717, 1.165) is 12.0 Å². The summed E-state index contributed by atoms with van der Waals surface area (Å²) in [4.78, 5) is 0. The van der Waals surface area contributed by atoms with E-state index in [1.807, 2.05) is 0 Å². The van der Waals surface area contributed by atoms with Gasteiger partial charge in [-0.3, -0.25) is 0 Å². The van der Waals surface area contributed by atoms with Crippen LogP contribution in [0.3, 0.4) is 0 Å². The van der Waals surface area contributed by atoms with Crippen LogP contribution in [0, 0.1) is 5.92 Å². The lowest BCUT2D eigenvalue weighted by atomic mass is 10.0. The van der Waals surface area contributed by atoms with Crippen LogP contribution in [-0.2, 0) is 0 Å². The molecule has 0 aliphatic heterocycles. The SMILES string of the molecule is CCCC(N[C@@H](C)c1ccccc1)C1CC1. The molecular weight excluding hydrogens is 194 g/mol. The molecular formula is C15H23N. The van der Waals surface area contributed by atoms with E-state index in [2.05, 4.69) is 49.5 Å². The summed E-state index contributed by atoms with van der Waals surface area (Å²) in [6, 6.07) is 12.0. The molecule has 0 radical (unpaired) electrons. The summed E-state index contributed by atoms with van der Waals surface area (Å²) in [5.41, 5.74) is 1.41. The first-order valence-corrected chi connectivity index (χ1v) is 6.62. The van der Waals surface area contributed by atoms with E-state index in [9.17, 15) is 0 Å². The lowest BCUT2D eigenvalue weighted by Crippen LogP contribution is -2.33. The van der Waals surface area contributed by atoms with E-state index >= 15 is 0 Å². The van der Waals surface area contributed by atoms with Gasteiger partial charge in [0.1, 0.15) is 0 Å². The van der Waals surface area contributed by atoms with Crippen molar-refractivity contribution in [1.82, 2.24) is 5.32 Å². The number of benzene rings is 1. The standard InChI is InChI=1S/C15H23N/c1-3-7-15(14-10-11-14)16-12(2)13-8-5-4-6-9-13/h4-6,8-9,12,14-16H,3,7,10-11H2,1-2H3/t12-,15?/m0/s1. The molecule has 0 bridgehead atoms. The van der Waals surface area contributed by atoms with Crippen LogP contribution in [0.15, 0.2) is 30.3 Å². The van der Waals surface area contributed by atoms with Crippen LogP contribution in [0.2, 0.25) is 0 Å². The summed E-state index contributed by atoms with van der Waals surface area (Å²) >= 11 is 0. The van der Waals surface area contributed by atoms with Gasteiger partial charge in [0.15, 0.2) is 0 Å². The predicted octanol–water partition coefficient (Wildman–Crippen LogP) is 3.92. The predicted molar refractivity (Wildman–Crippen MR) is 69.4 cm³/mol. The minimum absolute atomic E-state index is 0.485. The Balaban J connectivity index is 1.92. The maximum atomic E-state index is 3.80. The van der Waals surface area contributed by atoms with Crippen molar-refractivity contribution in [2.75, 3.05) is 0 Å². The van der Waals surface area contributed by atoms with Gasteiger partial charge >= 0.3 is 0 Å². The van der Waals surface area contributed by atoms with Gasteiger partial charge in [0, 0.05) is 12.1 Å². The summed E-state index contributed by atoms with van der Waals surface area (Å²) < 4.78 is 0. The van der Waals surface area contributed by atoms with Crippen LogP contribution in [0.5, 0.6) is 0 Å². The third kappa shape index (κ3) is 3.08. The van der Waals surface area contributed by atoms with Crippen molar-refractivity contribution in [2.24, 2.45) is 5.92 Å². The van der Waals surface area contributed by atoms with Crippen molar-refractivity contribution in [3.63, 3.8) is 0 Å². The minimum Gasteiger partial charge on any atom is -0.307 e. The topological polar surface area (TPSA) is 12.0 Å². The molecule has 0 aromatic heterocycles. The molecule has 16 heavy (non-hydrogen) atoms. The Morgan fingerprint density at radius 1 is 1.25 bits per heavy atom. The first-order chi connectivity index (χ1) is 7.81. The first kappa shape index (κ1) is 11.7.